The van der Waals surface area contributed by atoms with Gasteiger partial charge >= 0.3 is 0 Å². The molecule has 1 aliphatic heterocycles. The fourth-order valence-corrected chi connectivity index (χ4v) is 3.35. The van der Waals surface area contributed by atoms with Crippen LogP contribution < -0.4 is 5.32 Å². The summed E-state index contributed by atoms with van der Waals surface area (Å²) in [6.07, 6.45) is 5.25. The van der Waals surface area contributed by atoms with E-state index in [2.05, 4.69) is 37.9 Å². The van der Waals surface area contributed by atoms with Crippen molar-refractivity contribution in [2.75, 3.05) is 32.8 Å². The minimum Gasteiger partial charge on any atom is -0.380 e. The van der Waals surface area contributed by atoms with Gasteiger partial charge in [0.25, 0.3) is 0 Å². The first-order valence-electron chi connectivity index (χ1n) is 8.62. The van der Waals surface area contributed by atoms with Crippen LogP contribution in [0.3, 0.4) is 0 Å². The van der Waals surface area contributed by atoms with Crippen LogP contribution >= 0.6 is 0 Å². The standard InChI is InChI=1S/C17H34N2O/c1-5-16-12-18-17(4,15-6-7-15)13-19(16)9-11-20-10-8-14(2)3/h14-16,18H,5-13H2,1-4H3. The van der Waals surface area contributed by atoms with Gasteiger partial charge in [0.15, 0.2) is 0 Å². The lowest BCUT2D eigenvalue weighted by Crippen LogP contribution is -2.64. The third-order valence-electron chi connectivity index (χ3n) is 5.10. The van der Waals surface area contributed by atoms with Crippen LogP contribution in [0.5, 0.6) is 0 Å². The maximum absolute atomic E-state index is 5.82. The average Bonchev–Trinajstić information content (AvgIpc) is 3.23. The highest BCUT2D eigenvalue weighted by Gasteiger charge is 2.45. The maximum Gasteiger partial charge on any atom is 0.0593 e. The molecule has 3 heteroatoms. The highest BCUT2D eigenvalue weighted by Crippen LogP contribution is 2.41. The average molecular weight is 282 g/mol. The van der Waals surface area contributed by atoms with Gasteiger partial charge in [0.05, 0.1) is 6.61 Å². The summed E-state index contributed by atoms with van der Waals surface area (Å²) in [5.41, 5.74) is 0.351. The lowest BCUT2D eigenvalue weighted by molar-refractivity contribution is 0.0352. The molecule has 2 unspecified atom stereocenters. The van der Waals surface area contributed by atoms with Crippen LogP contribution in [0.2, 0.25) is 0 Å². The second kappa shape index (κ2) is 7.24. The van der Waals surface area contributed by atoms with E-state index in [-0.39, 0.29) is 0 Å². The van der Waals surface area contributed by atoms with Gasteiger partial charge in [0.2, 0.25) is 0 Å². The van der Waals surface area contributed by atoms with E-state index in [1.54, 1.807) is 0 Å². The first-order valence-corrected chi connectivity index (χ1v) is 8.62. The fraction of sp³-hybridized carbons (Fsp3) is 1.00. The minimum atomic E-state index is 0.351. The van der Waals surface area contributed by atoms with E-state index in [9.17, 15) is 0 Å². The molecule has 1 saturated carbocycles. The lowest BCUT2D eigenvalue weighted by Gasteiger charge is -2.46. The van der Waals surface area contributed by atoms with Gasteiger partial charge in [-0.1, -0.05) is 20.8 Å². The monoisotopic (exact) mass is 282 g/mol. The molecule has 0 aromatic heterocycles. The number of nitrogens with zero attached hydrogens (tertiary/aromatic N) is 1. The van der Waals surface area contributed by atoms with Gasteiger partial charge in [-0.25, -0.2) is 0 Å². The predicted octanol–water partition coefficient (Wildman–Crippen LogP) is 2.90. The van der Waals surface area contributed by atoms with Crippen molar-refractivity contribution in [2.45, 2.75) is 65.0 Å². The third-order valence-corrected chi connectivity index (χ3v) is 5.10. The second-order valence-corrected chi connectivity index (χ2v) is 7.40. The van der Waals surface area contributed by atoms with Crippen molar-refractivity contribution in [3.63, 3.8) is 0 Å². The Bertz CT molecular complexity index is 291. The molecular formula is C17H34N2O. The lowest BCUT2D eigenvalue weighted by atomic mass is 9.90. The number of piperazine rings is 1. The molecule has 0 amide bonds. The Morgan fingerprint density at radius 1 is 1.30 bits per heavy atom. The van der Waals surface area contributed by atoms with Crippen molar-refractivity contribution in [1.29, 1.82) is 0 Å². The van der Waals surface area contributed by atoms with Crippen LogP contribution in [-0.4, -0.2) is 49.3 Å². The zero-order valence-corrected chi connectivity index (χ0v) is 14.0. The summed E-state index contributed by atoms with van der Waals surface area (Å²) in [5, 5.41) is 3.82. The van der Waals surface area contributed by atoms with E-state index < -0.39 is 0 Å². The Hall–Kier alpha value is -0.120. The molecule has 2 atom stereocenters. The Labute approximate surface area is 125 Å². The highest BCUT2D eigenvalue weighted by atomic mass is 16.5. The molecule has 0 bridgehead atoms. The van der Waals surface area contributed by atoms with Gasteiger partial charge in [-0.05, 0) is 44.4 Å². The molecular weight excluding hydrogens is 248 g/mol. The molecule has 0 aromatic carbocycles. The molecule has 1 saturated heterocycles. The Kier molecular flexibility index (Phi) is 5.88. The van der Waals surface area contributed by atoms with Crippen molar-refractivity contribution in [3.05, 3.63) is 0 Å². The zero-order valence-electron chi connectivity index (χ0n) is 14.0. The second-order valence-electron chi connectivity index (χ2n) is 7.40. The summed E-state index contributed by atoms with van der Waals surface area (Å²) < 4.78 is 5.82. The normalized spacial score (nSPS) is 31.9. The Balaban J connectivity index is 1.74. The van der Waals surface area contributed by atoms with Crippen LogP contribution in [-0.2, 0) is 4.74 Å². The fourth-order valence-electron chi connectivity index (χ4n) is 3.35. The van der Waals surface area contributed by atoms with Crippen molar-refractivity contribution >= 4 is 0 Å². The van der Waals surface area contributed by atoms with Crippen LogP contribution in [0, 0.1) is 11.8 Å². The van der Waals surface area contributed by atoms with E-state index in [0.29, 0.717) is 11.6 Å². The van der Waals surface area contributed by atoms with Crippen molar-refractivity contribution in [2.24, 2.45) is 11.8 Å². The SMILES string of the molecule is CCC1CNC(C)(C2CC2)CN1CCOCCC(C)C. The molecule has 2 rings (SSSR count). The highest BCUT2D eigenvalue weighted by molar-refractivity contribution is 5.03. The number of hydrogen-bond donors (Lipinski definition) is 1. The summed E-state index contributed by atoms with van der Waals surface area (Å²) in [6, 6.07) is 0.690. The van der Waals surface area contributed by atoms with Crippen LogP contribution in [0.1, 0.15) is 53.4 Å². The predicted molar refractivity (Wildman–Crippen MR) is 85.1 cm³/mol. The third kappa shape index (κ3) is 4.44. The van der Waals surface area contributed by atoms with Gasteiger partial charge in [0.1, 0.15) is 0 Å². The first-order chi connectivity index (χ1) is 9.55. The van der Waals surface area contributed by atoms with E-state index in [0.717, 1.165) is 38.1 Å². The molecule has 20 heavy (non-hydrogen) atoms. The molecule has 118 valence electrons. The molecule has 3 nitrogen and oxygen atoms in total. The smallest absolute Gasteiger partial charge is 0.0593 e. The van der Waals surface area contributed by atoms with Crippen LogP contribution in [0.15, 0.2) is 0 Å². The molecule has 2 aliphatic rings. The number of nitrogens with one attached hydrogen (secondary N) is 1. The zero-order chi connectivity index (χ0) is 14.6. The van der Waals surface area contributed by atoms with Gasteiger partial charge in [0, 0.05) is 37.8 Å². The number of hydrogen-bond acceptors (Lipinski definition) is 3. The summed E-state index contributed by atoms with van der Waals surface area (Å²) in [6.45, 7) is 14.5. The first kappa shape index (κ1) is 16.3. The van der Waals surface area contributed by atoms with Gasteiger partial charge in [-0.3, -0.25) is 4.90 Å². The largest absolute Gasteiger partial charge is 0.380 e. The molecule has 1 N–H and O–H groups in total. The topological polar surface area (TPSA) is 24.5 Å². The summed E-state index contributed by atoms with van der Waals surface area (Å²) in [5.74, 6) is 1.65. The van der Waals surface area contributed by atoms with E-state index in [1.807, 2.05) is 0 Å². The van der Waals surface area contributed by atoms with Crippen molar-refractivity contribution < 1.29 is 4.74 Å². The van der Waals surface area contributed by atoms with E-state index in [1.165, 1.54) is 32.2 Å². The van der Waals surface area contributed by atoms with Crippen LogP contribution in [0.25, 0.3) is 0 Å². The molecule has 1 aliphatic carbocycles. The van der Waals surface area contributed by atoms with E-state index in [4.69, 9.17) is 4.74 Å². The molecule has 1 heterocycles. The molecule has 0 aromatic rings. The van der Waals surface area contributed by atoms with Gasteiger partial charge in [-0.15, -0.1) is 0 Å². The van der Waals surface area contributed by atoms with E-state index >= 15 is 0 Å². The van der Waals surface area contributed by atoms with Crippen LogP contribution in [0.4, 0.5) is 0 Å². The quantitative estimate of drug-likeness (QED) is 0.693. The summed E-state index contributed by atoms with van der Waals surface area (Å²) in [4.78, 5) is 2.67. The van der Waals surface area contributed by atoms with Crippen molar-refractivity contribution in [1.82, 2.24) is 10.2 Å². The number of rotatable bonds is 8. The Morgan fingerprint density at radius 2 is 2.05 bits per heavy atom. The minimum absolute atomic E-state index is 0.351. The summed E-state index contributed by atoms with van der Waals surface area (Å²) in [7, 11) is 0. The maximum atomic E-state index is 5.82. The molecule has 2 fully saturated rings. The van der Waals surface area contributed by atoms with Gasteiger partial charge < -0.3 is 10.1 Å². The molecule has 0 spiro atoms. The van der Waals surface area contributed by atoms with Gasteiger partial charge in [-0.2, -0.15) is 0 Å². The summed E-state index contributed by atoms with van der Waals surface area (Å²) >= 11 is 0. The van der Waals surface area contributed by atoms with Crippen molar-refractivity contribution in [3.8, 4) is 0 Å². The Morgan fingerprint density at radius 3 is 2.65 bits per heavy atom. The number of ether oxygens (including phenoxy) is 1. The molecule has 0 radical (unpaired) electrons.